The van der Waals surface area contributed by atoms with Crippen molar-refractivity contribution in [1.29, 1.82) is 0 Å². The number of aromatic nitrogens is 4. The summed E-state index contributed by atoms with van der Waals surface area (Å²) in [6.07, 6.45) is 2.59. The topological polar surface area (TPSA) is 117 Å². The summed E-state index contributed by atoms with van der Waals surface area (Å²) in [5.74, 6) is 5.82. The van der Waals surface area contributed by atoms with Crippen LogP contribution >= 0.6 is 22.7 Å². The first-order valence-corrected chi connectivity index (χ1v) is 16.9. The Kier molecular flexibility index (Phi) is 9.63. The fraction of sp³-hybridized carbons (Fsp3) is 0.324. The summed E-state index contributed by atoms with van der Waals surface area (Å²) in [7, 11) is 3.84. The van der Waals surface area contributed by atoms with Crippen molar-refractivity contribution in [2.45, 2.75) is 39.5 Å². The zero-order valence-electron chi connectivity index (χ0n) is 26.6. The Morgan fingerprint density at radius 3 is 2.79 bits per heavy atom. The zero-order chi connectivity index (χ0) is 33.1. The van der Waals surface area contributed by atoms with Crippen molar-refractivity contribution in [3.63, 3.8) is 0 Å². The first-order chi connectivity index (χ1) is 22.7. The van der Waals surface area contributed by atoms with Crippen LogP contribution in [-0.4, -0.2) is 69.9 Å². The molecule has 1 aliphatic heterocycles. The highest BCUT2D eigenvalue weighted by Gasteiger charge is 2.28. The van der Waals surface area contributed by atoms with Crippen molar-refractivity contribution in [3.05, 3.63) is 75.0 Å². The molecule has 0 saturated heterocycles. The number of anilines is 4. The number of nitrogens with zero attached hydrogens (tertiary/aromatic N) is 6. The molecule has 2 N–H and O–H groups in total. The lowest BCUT2D eigenvalue weighted by molar-refractivity contribution is 0.0690. The monoisotopic (exact) mass is 671 g/mol. The van der Waals surface area contributed by atoms with E-state index in [4.69, 9.17) is 9.72 Å². The minimum Gasteiger partial charge on any atom is -0.491 e. The van der Waals surface area contributed by atoms with Crippen LogP contribution in [0, 0.1) is 31.5 Å². The second kappa shape index (κ2) is 14.0. The average Bonchev–Trinajstić information content (AvgIpc) is 3.65. The van der Waals surface area contributed by atoms with Crippen molar-refractivity contribution < 1.29 is 19.0 Å². The maximum absolute atomic E-state index is 14.6. The number of fused-ring (bicyclic) bond motifs is 2. The van der Waals surface area contributed by atoms with E-state index in [9.17, 15) is 14.3 Å². The van der Waals surface area contributed by atoms with Crippen molar-refractivity contribution in [3.8, 4) is 17.6 Å². The smallest absolute Gasteiger partial charge is 0.355 e. The van der Waals surface area contributed by atoms with Crippen LogP contribution < -0.4 is 15.0 Å². The van der Waals surface area contributed by atoms with E-state index in [2.05, 4.69) is 50.5 Å². The van der Waals surface area contributed by atoms with E-state index in [1.165, 1.54) is 17.4 Å². The highest BCUT2D eigenvalue weighted by molar-refractivity contribution is 7.22. The van der Waals surface area contributed by atoms with Gasteiger partial charge < -0.3 is 20.1 Å². The molecule has 0 radical (unpaired) electrons. The lowest BCUT2D eigenvalue weighted by Crippen LogP contribution is -2.27. The molecule has 5 aromatic rings. The summed E-state index contributed by atoms with van der Waals surface area (Å²) in [6, 6.07) is 10.9. The predicted molar refractivity (Wildman–Crippen MR) is 184 cm³/mol. The standard InChI is InChI=1S/C34H34FN7O3S2/c1-20-11-14-27-25(18-20)36-33(46-27)38-30-21(2)23-9-6-16-42(31(23)40-39-30)34-37-29(32(43)44)28(47-34)10-7-17-45-26-13-12-22(19-24(26)35)8-5-15-41(3)4/h11-14,18-19H,6-7,9-10,15-17H2,1-4H3,(H,43,44)(H,36,38,39). The average molecular weight is 672 g/mol. The maximum atomic E-state index is 14.6. The van der Waals surface area contributed by atoms with Gasteiger partial charge in [-0.15, -0.1) is 21.5 Å². The Balaban J connectivity index is 1.14. The fourth-order valence-electron chi connectivity index (χ4n) is 5.28. The number of carbonyl (C=O) groups is 1. The van der Waals surface area contributed by atoms with E-state index in [1.54, 1.807) is 23.5 Å². The summed E-state index contributed by atoms with van der Waals surface area (Å²) >= 11 is 2.89. The van der Waals surface area contributed by atoms with E-state index in [1.807, 2.05) is 37.7 Å². The van der Waals surface area contributed by atoms with Gasteiger partial charge in [-0.2, -0.15) is 0 Å². The summed E-state index contributed by atoms with van der Waals surface area (Å²) in [6.45, 7) is 5.51. The van der Waals surface area contributed by atoms with Gasteiger partial charge in [0.2, 0.25) is 0 Å². The molecule has 0 saturated carbocycles. The zero-order valence-corrected chi connectivity index (χ0v) is 28.2. The van der Waals surface area contributed by atoms with Gasteiger partial charge in [-0.1, -0.05) is 29.2 Å². The molecule has 1 aliphatic rings. The Labute approximate surface area is 280 Å². The molecule has 0 bridgehead atoms. The van der Waals surface area contributed by atoms with Gasteiger partial charge in [-0.3, -0.25) is 4.90 Å². The Hall–Kier alpha value is -4.64. The molecule has 13 heteroatoms. The number of aryl methyl sites for hydroxylation is 2. The number of carboxylic acid groups (broad SMARTS) is 1. The van der Waals surface area contributed by atoms with Gasteiger partial charge in [0.15, 0.2) is 39.2 Å². The highest BCUT2D eigenvalue weighted by Crippen LogP contribution is 2.39. The Morgan fingerprint density at radius 1 is 1.15 bits per heavy atom. The molecule has 0 amide bonds. The van der Waals surface area contributed by atoms with Gasteiger partial charge in [-0.05, 0) is 89.5 Å². The molecule has 242 valence electrons. The number of hydrogen-bond donors (Lipinski definition) is 2. The van der Waals surface area contributed by atoms with Crippen LogP contribution in [-0.2, 0) is 12.8 Å². The highest BCUT2D eigenvalue weighted by atomic mass is 32.1. The van der Waals surface area contributed by atoms with E-state index < -0.39 is 11.8 Å². The van der Waals surface area contributed by atoms with Gasteiger partial charge >= 0.3 is 5.97 Å². The van der Waals surface area contributed by atoms with E-state index in [0.29, 0.717) is 53.1 Å². The summed E-state index contributed by atoms with van der Waals surface area (Å²) in [4.78, 5) is 25.9. The van der Waals surface area contributed by atoms with Crippen LogP contribution in [0.25, 0.3) is 10.2 Å². The number of benzene rings is 2. The third-order valence-corrected chi connectivity index (χ3v) is 9.73. The van der Waals surface area contributed by atoms with Crippen LogP contribution in [0.2, 0.25) is 0 Å². The van der Waals surface area contributed by atoms with Gasteiger partial charge in [0.1, 0.15) is 0 Å². The SMILES string of the molecule is Cc1ccc2sc(Nc3nnc4c(c3C)CCCN4c3nc(C(=O)O)c(CCCOc4ccc(C#CCN(C)C)cc4F)s3)nc2c1. The number of aromatic carboxylic acids is 1. The van der Waals surface area contributed by atoms with Crippen LogP contribution in [0.15, 0.2) is 36.4 Å². The third-order valence-electron chi connectivity index (χ3n) is 7.64. The molecule has 0 spiro atoms. The number of rotatable bonds is 10. The number of ether oxygens (including phenoxy) is 1. The quantitative estimate of drug-likeness (QED) is 0.122. The number of carboxylic acids is 1. The second-order valence-electron chi connectivity index (χ2n) is 11.6. The normalized spacial score (nSPS) is 12.6. The number of nitrogens with one attached hydrogen (secondary N) is 1. The Bertz CT molecular complexity index is 2010. The molecular formula is C34H34FN7O3S2. The molecular weight excluding hydrogens is 638 g/mol. The summed E-state index contributed by atoms with van der Waals surface area (Å²) < 4.78 is 21.4. The molecule has 0 unspecified atom stereocenters. The van der Waals surface area contributed by atoms with Crippen molar-refractivity contribution in [1.82, 2.24) is 25.1 Å². The summed E-state index contributed by atoms with van der Waals surface area (Å²) in [5, 5.41) is 23.7. The molecule has 10 nitrogen and oxygen atoms in total. The van der Waals surface area contributed by atoms with Crippen LogP contribution in [0.5, 0.6) is 5.75 Å². The largest absolute Gasteiger partial charge is 0.491 e. The molecule has 0 aliphatic carbocycles. The first-order valence-electron chi connectivity index (χ1n) is 15.2. The maximum Gasteiger partial charge on any atom is 0.355 e. The Morgan fingerprint density at radius 2 is 2.00 bits per heavy atom. The van der Waals surface area contributed by atoms with Gasteiger partial charge in [0.25, 0.3) is 0 Å². The lowest BCUT2D eigenvalue weighted by Gasteiger charge is -2.28. The van der Waals surface area contributed by atoms with E-state index in [0.717, 1.165) is 44.9 Å². The van der Waals surface area contributed by atoms with Gasteiger partial charge in [-0.25, -0.2) is 19.2 Å². The van der Waals surface area contributed by atoms with Gasteiger partial charge in [0, 0.05) is 28.1 Å². The third kappa shape index (κ3) is 7.35. The molecule has 3 aromatic heterocycles. The van der Waals surface area contributed by atoms with Gasteiger partial charge in [0.05, 0.1) is 23.4 Å². The van der Waals surface area contributed by atoms with E-state index >= 15 is 0 Å². The van der Waals surface area contributed by atoms with Crippen LogP contribution in [0.4, 0.5) is 26.3 Å². The minimum absolute atomic E-state index is 0.0120. The number of hydrogen-bond acceptors (Lipinski definition) is 11. The molecule has 47 heavy (non-hydrogen) atoms. The molecule has 0 fully saturated rings. The number of halogens is 1. The second-order valence-corrected chi connectivity index (χ2v) is 13.6. The van der Waals surface area contributed by atoms with Crippen molar-refractivity contribution in [2.24, 2.45) is 0 Å². The first kappa shape index (κ1) is 32.3. The van der Waals surface area contributed by atoms with Crippen molar-refractivity contribution >= 4 is 60.8 Å². The molecule has 0 atom stereocenters. The number of thiazole rings is 2. The van der Waals surface area contributed by atoms with Crippen LogP contribution in [0.1, 0.15) is 50.5 Å². The van der Waals surface area contributed by atoms with Crippen LogP contribution in [0.3, 0.4) is 0 Å². The molecule has 2 aromatic carbocycles. The summed E-state index contributed by atoms with van der Waals surface area (Å²) in [5.41, 5.74) is 4.71. The van der Waals surface area contributed by atoms with E-state index in [-0.39, 0.29) is 18.1 Å². The predicted octanol–water partition coefficient (Wildman–Crippen LogP) is 6.75. The molecule has 6 rings (SSSR count). The fourth-order valence-corrected chi connectivity index (χ4v) is 7.24. The lowest BCUT2D eigenvalue weighted by atomic mass is 10.0. The molecule has 4 heterocycles. The minimum atomic E-state index is -1.09. The van der Waals surface area contributed by atoms with Crippen molar-refractivity contribution in [2.75, 3.05) is 44.0 Å².